The number of carbonyl (C=O) groups is 2. The van der Waals surface area contributed by atoms with Gasteiger partial charge in [-0.2, -0.15) is 0 Å². The molecule has 0 saturated carbocycles. The van der Waals surface area contributed by atoms with E-state index in [9.17, 15) is 9.59 Å². The average molecular weight is 561 g/mol. The molecule has 7 heteroatoms. The fraction of sp³-hybridized carbons (Fsp3) is 0.529. The third-order valence-electron chi connectivity index (χ3n) is 8.40. The predicted octanol–water partition coefficient (Wildman–Crippen LogP) is 6.66. The summed E-state index contributed by atoms with van der Waals surface area (Å²) in [5.41, 5.74) is 2.50. The number of hydrogen-bond acceptors (Lipinski definition) is 5. The fourth-order valence-corrected chi connectivity index (χ4v) is 6.41. The van der Waals surface area contributed by atoms with Crippen molar-refractivity contribution in [3.8, 4) is 5.75 Å². The first-order valence-electron chi connectivity index (χ1n) is 15.1. The second-order valence-electron chi connectivity index (χ2n) is 12.6. The van der Waals surface area contributed by atoms with Gasteiger partial charge in [-0.25, -0.2) is 4.79 Å². The van der Waals surface area contributed by atoms with Crippen molar-refractivity contribution in [2.24, 2.45) is 0 Å². The normalized spacial score (nSPS) is 24.9. The lowest BCUT2D eigenvalue weighted by Crippen LogP contribution is -2.69. The Morgan fingerprint density at radius 2 is 1.78 bits per heavy atom. The lowest BCUT2D eigenvalue weighted by Gasteiger charge is -2.52. The molecule has 3 atom stereocenters. The number of ether oxygens (including phenoxy) is 3. The standard InChI is InChI=1S/C34H44N2O5/c1-33(2,3)41-32(38)36-22-10-21-34(20-9-15-31(37)35-34)30(36)24-39-27-18-16-26(17-19-27)28-13-7-8-14-29(28)40-23-25-11-5-4-6-12-25/h4-8,11-14,16,27,30H,9-10,15,17-24H2,1-3H3,(H,35,37)/t27?,30-,34-/m0/s1. The maximum Gasteiger partial charge on any atom is 0.410 e. The lowest BCUT2D eigenvalue weighted by molar-refractivity contribution is -0.129. The summed E-state index contributed by atoms with van der Waals surface area (Å²) in [5.74, 6) is 0.956. The van der Waals surface area contributed by atoms with Crippen LogP contribution < -0.4 is 10.1 Å². The quantitative estimate of drug-likeness (QED) is 0.410. The van der Waals surface area contributed by atoms with Crippen LogP contribution in [-0.4, -0.2) is 53.3 Å². The van der Waals surface area contributed by atoms with Crippen LogP contribution in [0.2, 0.25) is 0 Å². The van der Waals surface area contributed by atoms with Crippen LogP contribution in [0.3, 0.4) is 0 Å². The average Bonchev–Trinajstić information content (AvgIpc) is 2.95. The van der Waals surface area contributed by atoms with Crippen LogP contribution in [-0.2, 0) is 20.9 Å². The lowest BCUT2D eigenvalue weighted by atomic mass is 9.75. The van der Waals surface area contributed by atoms with Crippen molar-refractivity contribution in [3.63, 3.8) is 0 Å². The summed E-state index contributed by atoms with van der Waals surface area (Å²) in [7, 11) is 0. The minimum absolute atomic E-state index is 0.0508. The first-order valence-corrected chi connectivity index (χ1v) is 15.1. The molecule has 2 amide bonds. The Kier molecular flexibility index (Phi) is 9.03. The highest BCUT2D eigenvalue weighted by molar-refractivity contribution is 5.78. The van der Waals surface area contributed by atoms with Crippen molar-refractivity contribution < 1.29 is 23.8 Å². The van der Waals surface area contributed by atoms with Crippen LogP contribution in [0.5, 0.6) is 5.75 Å². The zero-order valence-electron chi connectivity index (χ0n) is 24.7. The van der Waals surface area contributed by atoms with Crippen LogP contribution in [0.4, 0.5) is 4.79 Å². The van der Waals surface area contributed by atoms with Gasteiger partial charge >= 0.3 is 6.09 Å². The number of nitrogens with zero attached hydrogens (tertiary/aromatic N) is 1. The Hall–Kier alpha value is -3.32. The molecular weight excluding hydrogens is 516 g/mol. The third kappa shape index (κ3) is 7.31. The van der Waals surface area contributed by atoms with E-state index in [1.165, 1.54) is 5.57 Å². The van der Waals surface area contributed by atoms with Crippen LogP contribution in [0.1, 0.15) is 83.3 Å². The summed E-state index contributed by atoms with van der Waals surface area (Å²) >= 11 is 0. The molecule has 0 aromatic heterocycles. The maximum atomic E-state index is 13.3. The topological polar surface area (TPSA) is 77.1 Å². The van der Waals surface area contributed by atoms with Crippen LogP contribution in [0.15, 0.2) is 60.7 Å². The maximum absolute atomic E-state index is 13.3. The van der Waals surface area contributed by atoms with Crippen LogP contribution >= 0.6 is 0 Å². The van der Waals surface area contributed by atoms with Crippen molar-refractivity contribution >= 4 is 17.6 Å². The molecule has 2 saturated heterocycles. The largest absolute Gasteiger partial charge is 0.488 e. The number of amides is 2. The monoisotopic (exact) mass is 560 g/mol. The van der Waals surface area contributed by atoms with Gasteiger partial charge in [0.2, 0.25) is 5.91 Å². The van der Waals surface area contributed by atoms with Gasteiger partial charge in [0.25, 0.3) is 0 Å². The van der Waals surface area contributed by atoms with Gasteiger partial charge in [0, 0.05) is 18.5 Å². The molecule has 1 spiro atoms. The number of likely N-dealkylation sites (tertiary alicyclic amines) is 1. The molecule has 0 radical (unpaired) electrons. The molecule has 1 aliphatic carbocycles. The number of rotatable bonds is 7. The summed E-state index contributed by atoms with van der Waals surface area (Å²) in [4.78, 5) is 27.6. The van der Waals surface area contributed by atoms with Gasteiger partial charge in [-0.3, -0.25) is 4.79 Å². The minimum atomic E-state index is -0.589. The Balaban J connectivity index is 1.25. The second-order valence-corrected chi connectivity index (χ2v) is 12.6. The first kappa shape index (κ1) is 29.2. The van der Waals surface area contributed by atoms with Crippen molar-refractivity contribution in [1.29, 1.82) is 0 Å². The van der Waals surface area contributed by atoms with E-state index < -0.39 is 11.1 Å². The van der Waals surface area contributed by atoms with E-state index in [2.05, 4.69) is 35.7 Å². The number of piperidine rings is 2. The number of benzene rings is 2. The molecule has 2 fully saturated rings. The molecule has 2 aromatic rings. The Labute approximate surface area is 244 Å². The molecule has 2 heterocycles. The van der Waals surface area contributed by atoms with E-state index in [1.54, 1.807) is 0 Å². The molecule has 0 bridgehead atoms. The van der Waals surface area contributed by atoms with Gasteiger partial charge < -0.3 is 24.4 Å². The number of carbonyl (C=O) groups excluding carboxylic acids is 2. The van der Waals surface area contributed by atoms with E-state index in [0.717, 1.165) is 61.8 Å². The minimum Gasteiger partial charge on any atom is -0.488 e. The molecule has 3 aliphatic rings. The van der Waals surface area contributed by atoms with Crippen molar-refractivity contribution in [2.75, 3.05) is 13.2 Å². The Morgan fingerprint density at radius 3 is 2.51 bits per heavy atom. The first-order chi connectivity index (χ1) is 19.7. The van der Waals surface area contributed by atoms with Crippen molar-refractivity contribution in [1.82, 2.24) is 10.2 Å². The number of hydrogen-bond donors (Lipinski definition) is 1. The molecule has 7 nitrogen and oxygen atoms in total. The molecule has 2 aliphatic heterocycles. The van der Waals surface area contributed by atoms with Crippen LogP contribution in [0, 0.1) is 0 Å². The summed E-state index contributed by atoms with van der Waals surface area (Å²) in [6.07, 6.45) is 8.44. The summed E-state index contributed by atoms with van der Waals surface area (Å²) in [6.45, 7) is 7.17. The number of nitrogens with one attached hydrogen (secondary N) is 1. The molecule has 1 unspecified atom stereocenters. The zero-order valence-corrected chi connectivity index (χ0v) is 24.7. The molecule has 1 N–H and O–H groups in total. The predicted molar refractivity (Wildman–Crippen MR) is 159 cm³/mol. The molecular formula is C34H44N2O5. The third-order valence-corrected chi connectivity index (χ3v) is 8.40. The summed E-state index contributed by atoms with van der Waals surface area (Å²) < 4.78 is 18.5. The van der Waals surface area contributed by atoms with Gasteiger partial charge in [-0.15, -0.1) is 0 Å². The van der Waals surface area contributed by atoms with E-state index >= 15 is 0 Å². The summed E-state index contributed by atoms with van der Waals surface area (Å²) in [6, 6.07) is 18.2. The molecule has 5 rings (SSSR count). The summed E-state index contributed by atoms with van der Waals surface area (Å²) in [5, 5.41) is 3.28. The highest BCUT2D eigenvalue weighted by atomic mass is 16.6. The Morgan fingerprint density at radius 1 is 1.02 bits per heavy atom. The highest BCUT2D eigenvalue weighted by Gasteiger charge is 2.49. The molecule has 220 valence electrons. The van der Waals surface area contributed by atoms with Gasteiger partial charge in [0.1, 0.15) is 18.0 Å². The number of para-hydroxylation sites is 1. The van der Waals surface area contributed by atoms with Crippen molar-refractivity contribution in [3.05, 3.63) is 71.8 Å². The van der Waals surface area contributed by atoms with Crippen LogP contribution in [0.25, 0.3) is 5.57 Å². The Bertz CT molecular complexity index is 1230. The molecule has 41 heavy (non-hydrogen) atoms. The second kappa shape index (κ2) is 12.7. The van der Waals surface area contributed by atoms with E-state index in [-0.39, 0.29) is 24.1 Å². The van der Waals surface area contributed by atoms with E-state index in [0.29, 0.717) is 26.2 Å². The fourth-order valence-electron chi connectivity index (χ4n) is 6.41. The van der Waals surface area contributed by atoms with Crippen molar-refractivity contribution in [2.45, 2.75) is 102 Å². The highest BCUT2D eigenvalue weighted by Crippen LogP contribution is 2.38. The molecule has 2 aromatic carbocycles. The van der Waals surface area contributed by atoms with Gasteiger partial charge in [-0.1, -0.05) is 54.6 Å². The van der Waals surface area contributed by atoms with E-state index in [1.807, 2.05) is 56.0 Å². The SMILES string of the molecule is CC(C)(C)OC(=O)N1CCC[C@@]2(CCCC(=O)N2)[C@@H]1COC1CC=C(c2ccccc2OCc2ccccc2)CC1. The number of allylic oxidation sites excluding steroid dienone is 1. The van der Waals surface area contributed by atoms with Gasteiger partial charge in [0.15, 0.2) is 0 Å². The smallest absolute Gasteiger partial charge is 0.410 e. The van der Waals surface area contributed by atoms with Gasteiger partial charge in [0.05, 0.1) is 24.3 Å². The zero-order chi connectivity index (χ0) is 28.9. The van der Waals surface area contributed by atoms with Gasteiger partial charge in [-0.05, 0) is 82.9 Å². The van der Waals surface area contributed by atoms with E-state index in [4.69, 9.17) is 14.2 Å².